The lowest BCUT2D eigenvalue weighted by molar-refractivity contribution is 0.243. The summed E-state index contributed by atoms with van der Waals surface area (Å²) in [6, 6.07) is 0. The first-order valence-corrected chi connectivity index (χ1v) is 7.58. The standard InChI is InChI=1S/C14H18N4OS/c1-8-13(20-10(3)15-8)7-18-5-4-12-11(6-18)14(19)17-9(2)16-12/h4-7H2,1-3H3,(H,16,17,19). The third-order valence-electron chi connectivity index (χ3n) is 3.63. The molecule has 1 aliphatic heterocycles. The average Bonchev–Trinajstić information content (AvgIpc) is 2.68. The predicted octanol–water partition coefficient (Wildman–Crippen LogP) is 1.71. The maximum atomic E-state index is 12.0. The van der Waals surface area contributed by atoms with E-state index in [1.54, 1.807) is 11.3 Å². The molecule has 0 unspecified atom stereocenters. The van der Waals surface area contributed by atoms with E-state index < -0.39 is 0 Å². The molecule has 0 bridgehead atoms. The van der Waals surface area contributed by atoms with Crippen molar-refractivity contribution in [2.45, 2.75) is 40.3 Å². The molecule has 0 atom stereocenters. The smallest absolute Gasteiger partial charge is 0.255 e. The van der Waals surface area contributed by atoms with Gasteiger partial charge >= 0.3 is 0 Å². The summed E-state index contributed by atoms with van der Waals surface area (Å²) >= 11 is 1.74. The molecule has 0 aromatic carbocycles. The minimum absolute atomic E-state index is 0.00871. The second-order valence-corrected chi connectivity index (χ2v) is 6.57. The van der Waals surface area contributed by atoms with E-state index in [0.29, 0.717) is 12.4 Å². The average molecular weight is 290 g/mol. The number of fused-ring (bicyclic) bond motifs is 1. The van der Waals surface area contributed by atoms with Gasteiger partial charge < -0.3 is 4.98 Å². The lowest BCUT2D eigenvalue weighted by Crippen LogP contribution is -2.35. The fraction of sp³-hybridized carbons (Fsp3) is 0.500. The molecule has 106 valence electrons. The van der Waals surface area contributed by atoms with Crippen LogP contribution in [0, 0.1) is 20.8 Å². The van der Waals surface area contributed by atoms with Crippen molar-refractivity contribution in [2.24, 2.45) is 0 Å². The van der Waals surface area contributed by atoms with Crippen LogP contribution in [0.25, 0.3) is 0 Å². The molecule has 0 spiro atoms. The first-order chi connectivity index (χ1) is 9.52. The summed E-state index contributed by atoms with van der Waals surface area (Å²) in [5.41, 5.74) is 2.89. The Morgan fingerprint density at radius 1 is 1.30 bits per heavy atom. The molecule has 6 heteroatoms. The van der Waals surface area contributed by atoms with Gasteiger partial charge in [-0.1, -0.05) is 0 Å². The first-order valence-electron chi connectivity index (χ1n) is 6.77. The summed E-state index contributed by atoms with van der Waals surface area (Å²) < 4.78 is 0. The number of thiazole rings is 1. The van der Waals surface area contributed by atoms with Crippen LogP contribution in [0.2, 0.25) is 0 Å². The van der Waals surface area contributed by atoms with Gasteiger partial charge in [0.05, 0.1) is 22.0 Å². The van der Waals surface area contributed by atoms with E-state index >= 15 is 0 Å². The van der Waals surface area contributed by atoms with Crippen molar-refractivity contribution in [3.8, 4) is 0 Å². The van der Waals surface area contributed by atoms with Gasteiger partial charge in [0.15, 0.2) is 0 Å². The van der Waals surface area contributed by atoms with Crippen LogP contribution in [-0.4, -0.2) is 26.4 Å². The Kier molecular flexibility index (Phi) is 3.43. The molecule has 3 rings (SSSR count). The zero-order chi connectivity index (χ0) is 14.3. The Balaban J connectivity index is 1.82. The van der Waals surface area contributed by atoms with Gasteiger partial charge in [-0.15, -0.1) is 11.3 Å². The van der Waals surface area contributed by atoms with Crippen molar-refractivity contribution in [1.29, 1.82) is 0 Å². The molecule has 3 heterocycles. The van der Waals surface area contributed by atoms with Crippen molar-refractivity contribution in [2.75, 3.05) is 6.54 Å². The largest absolute Gasteiger partial charge is 0.310 e. The van der Waals surface area contributed by atoms with E-state index in [-0.39, 0.29) is 5.56 Å². The number of nitrogens with one attached hydrogen (secondary N) is 1. The Labute approximate surface area is 121 Å². The SMILES string of the molecule is Cc1nc2c(c(=O)[nH]1)CN(Cc1sc(C)nc1C)CC2. The van der Waals surface area contributed by atoms with Crippen LogP contribution < -0.4 is 5.56 Å². The van der Waals surface area contributed by atoms with Crippen molar-refractivity contribution in [3.05, 3.63) is 43.0 Å². The topological polar surface area (TPSA) is 61.9 Å². The maximum Gasteiger partial charge on any atom is 0.255 e. The molecule has 1 aliphatic rings. The molecule has 0 radical (unpaired) electrons. The van der Waals surface area contributed by atoms with Gasteiger partial charge in [0.25, 0.3) is 5.56 Å². The number of aryl methyl sites for hydroxylation is 3. The third kappa shape index (κ3) is 2.53. The molecule has 2 aromatic rings. The van der Waals surface area contributed by atoms with Crippen LogP contribution in [0.5, 0.6) is 0 Å². The quantitative estimate of drug-likeness (QED) is 0.914. The molecule has 5 nitrogen and oxygen atoms in total. The Bertz CT molecular complexity index is 704. The van der Waals surface area contributed by atoms with E-state index in [9.17, 15) is 4.79 Å². The number of hydrogen-bond acceptors (Lipinski definition) is 5. The van der Waals surface area contributed by atoms with Crippen LogP contribution in [-0.2, 0) is 19.5 Å². The van der Waals surface area contributed by atoms with Crippen LogP contribution in [0.15, 0.2) is 4.79 Å². The van der Waals surface area contributed by atoms with Gasteiger partial charge in [0.2, 0.25) is 0 Å². The van der Waals surface area contributed by atoms with Crippen LogP contribution >= 0.6 is 11.3 Å². The van der Waals surface area contributed by atoms with E-state index in [2.05, 4.69) is 26.8 Å². The summed E-state index contributed by atoms with van der Waals surface area (Å²) in [6.07, 6.45) is 0.844. The predicted molar refractivity (Wildman–Crippen MR) is 79.0 cm³/mol. The molecule has 0 amide bonds. The molecular formula is C14H18N4OS. The Morgan fingerprint density at radius 3 is 2.80 bits per heavy atom. The highest BCUT2D eigenvalue weighted by molar-refractivity contribution is 7.11. The number of rotatable bonds is 2. The van der Waals surface area contributed by atoms with E-state index in [1.807, 2.05) is 13.8 Å². The zero-order valence-corrected chi connectivity index (χ0v) is 12.8. The van der Waals surface area contributed by atoms with Crippen LogP contribution in [0.4, 0.5) is 0 Å². The minimum Gasteiger partial charge on any atom is -0.310 e. The molecule has 20 heavy (non-hydrogen) atoms. The number of hydrogen-bond donors (Lipinski definition) is 1. The van der Waals surface area contributed by atoms with Crippen LogP contribution in [0.1, 0.15) is 32.7 Å². The summed E-state index contributed by atoms with van der Waals surface area (Å²) in [5, 5.41) is 1.10. The number of aromatic amines is 1. The molecule has 1 N–H and O–H groups in total. The van der Waals surface area contributed by atoms with Gasteiger partial charge in [0, 0.05) is 30.9 Å². The highest BCUT2D eigenvalue weighted by atomic mass is 32.1. The zero-order valence-electron chi connectivity index (χ0n) is 12.0. The van der Waals surface area contributed by atoms with Gasteiger partial charge in [-0.25, -0.2) is 9.97 Å². The van der Waals surface area contributed by atoms with Gasteiger partial charge in [0.1, 0.15) is 5.82 Å². The highest BCUT2D eigenvalue weighted by Crippen LogP contribution is 2.22. The van der Waals surface area contributed by atoms with Crippen molar-refractivity contribution >= 4 is 11.3 Å². The van der Waals surface area contributed by atoms with E-state index in [0.717, 1.165) is 41.5 Å². The maximum absolute atomic E-state index is 12.0. The number of H-pyrrole nitrogens is 1. The summed E-state index contributed by atoms with van der Waals surface area (Å²) in [7, 11) is 0. The van der Waals surface area contributed by atoms with Crippen molar-refractivity contribution in [1.82, 2.24) is 19.9 Å². The molecule has 2 aromatic heterocycles. The second kappa shape index (κ2) is 5.10. The molecule has 0 saturated heterocycles. The number of aromatic nitrogens is 3. The second-order valence-electron chi connectivity index (χ2n) is 5.28. The minimum atomic E-state index is 0.00871. The first kappa shape index (κ1) is 13.5. The van der Waals surface area contributed by atoms with E-state index in [1.165, 1.54) is 4.88 Å². The fourth-order valence-electron chi connectivity index (χ4n) is 2.66. The molecule has 0 saturated carbocycles. The Morgan fingerprint density at radius 2 is 2.10 bits per heavy atom. The highest BCUT2D eigenvalue weighted by Gasteiger charge is 2.21. The molecule has 0 fully saturated rings. The summed E-state index contributed by atoms with van der Waals surface area (Å²) in [6.45, 7) is 8.40. The van der Waals surface area contributed by atoms with Gasteiger partial charge in [-0.3, -0.25) is 9.69 Å². The van der Waals surface area contributed by atoms with E-state index in [4.69, 9.17) is 0 Å². The Hall–Kier alpha value is -1.53. The lowest BCUT2D eigenvalue weighted by Gasteiger charge is -2.27. The lowest BCUT2D eigenvalue weighted by atomic mass is 10.1. The monoisotopic (exact) mass is 290 g/mol. The summed E-state index contributed by atoms with van der Waals surface area (Å²) in [5.74, 6) is 0.705. The van der Waals surface area contributed by atoms with Crippen molar-refractivity contribution in [3.63, 3.8) is 0 Å². The van der Waals surface area contributed by atoms with Gasteiger partial charge in [-0.2, -0.15) is 0 Å². The normalized spacial score (nSPS) is 15.3. The molecule has 0 aliphatic carbocycles. The van der Waals surface area contributed by atoms with Gasteiger partial charge in [-0.05, 0) is 20.8 Å². The third-order valence-corrected chi connectivity index (χ3v) is 4.69. The summed E-state index contributed by atoms with van der Waals surface area (Å²) in [4.78, 5) is 27.3. The fourth-order valence-corrected chi connectivity index (χ4v) is 3.64. The molecular weight excluding hydrogens is 272 g/mol. The number of nitrogens with zero attached hydrogens (tertiary/aromatic N) is 3. The van der Waals surface area contributed by atoms with Crippen LogP contribution in [0.3, 0.4) is 0 Å². The van der Waals surface area contributed by atoms with Crippen molar-refractivity contribution < 1.29 is 0 Å².